The van der Waals surface area contributed by atoms with Crippen LogP contribution in [0.25, 0.3) is 11.0 Å². The zero-order valence-electron chi connectivity index (χ0n) is 20.7. The highest BCUT2D eigenvalue weighted by molar-refractivity contribution is 6.28. The van der Waals surface area contributed by atoms with Crippen LogP contribution < -0.4 is 4.90 Å². The van der Waals surface area contributed by atoms with E-state index in [0.717, 1.165) is 26.3 Å². The Morgan fingerprint density at radius 2 is 1.89 bits per heavy atom. The Balaban J connectivity index is 1.28. The molecule has 5 heterocycles. The molecule has 0 amide bonds. The van der Waals surface area contributed by atoms with Gasteiger partial charge >= 0.3 is 11.9 Å². The summed E-state index contributed by atoms with van der Waals surface area (Å²) < 4.78 is 24.4. The van der Waals surface area contributed by atoms with Gasteiger partial charge in [0.2, 0.25) is 5.28 Å². The van der Waals surface area contributed by atoms with E-state index in [4.69, 9.17) is 30.5 Å². The van der Waals surface area contributed by atoms with E-state index >= 15 is 0 Å². The molecule has 38 heavy (non-hydrogen) atoms. The maximum absolute atomic E-state index is 12.5. The molecule has 0 aliphatic carbocycles. The molecule has 3 aromatic rings. The Morgan fingerprint density at radius 3 is 2.61 bits per heavy atom. The molecule has 0 spiro atoms. The third kappa shape index (κ3) is 4.50. The van der Waals surface area contributed by atoms with Gasteiger partial charge in [-0.05, 0) is 29.3 Å². The normalized spacial score (nSPS) is 26.6. The molecule has 0 radical (unpaired) electrons. The molecule has 0 bridgehead atoms. The molecule has 11 nitrogen and oxygen atoms in total. The third-order valence-electron chi connectivity index (χ3n) is 7.20. The second-order valence-electron chi connectivity index (χ2n) is 9.69. The van der Waals surface area contributed by atoms with Gasteiger partial charge in [0.05, 0.1) is 30.4 Å². The first kappa shape index (κ1) is 24.8. The monoisotopic (exact) mass is 539 g/mol. The van der Waals surface area contributed by atoms with Gasteiger partial charge in [0.1, 0.15) is 18.5 Å². The van der Waals surface area contributed by atoms with Crippen LogP contribution in [0.15, 0.2) is 48.7 Å². The van der Waals surface area contributed by atoms with Crippen LogP contribution in [0, 0.1) is 11.8 Å². The summed E-state index contributed by atoms with van der Waals surface area (Å²) in [5.74, 6) is 0.576. The number of hydrogen-bond acceptors (Lipinski definition) is 10. The first-order valence-electron chi connectivity index (χ1n) is 12.4. The van der Waals surface area contributed by atoms with Gasteiger partial charge in [-0.3, -0.25) is 4.79 Å². The lowest BCUT2D eigenvalue weighted by atomic mass is 10.0. The van der Waals surface area contributed by atoms with Gasteiger partial charge in [0, 0.05) is 31.8 Å². The van der Waals surface area contributed by atoms with E-state index in [1.165, 1.54) is 11.6 Å². The minimum absolute atomic E-state index is 0.0664. The average molecular weight is 540 g/mol. The van der Waals surface area contributed by atoms with Crippen LogP contribution >= 0.6 is 11.6 Å². The van der Waals surface area contributed by atoms with Crippen LogP contribution in [0.4, 0.5) is 5.82 Å². The summed E-state index contributed by atoms with van der Waals surface area (Å²) in [6.45, 7) is 8.36. The van der Waals surface area contributed by atoms with Crippen LogP contribution in [0.5, 0.6) is 0 Å². The number of carbonyl (C=O) groups excluding carboxylic acids is 2. The van der Waals surface area contributed by atoms with E-state index in [2.05, 4.69) is 26.5 Å². The number of hydrogen-bond donors (Lipinski definition) is 0. The summed E-state index contributed by atoms with van der Waals surface area (Å²) >= 11 is 6.36. The van der Waals surface area contributed by atoms with Crippen molar-refractivity contribution in [1.29, 1.82) is 0 Å². The number of esters is 2. The van der Waals surface area contributed by atoms with E-state index in [0.29, 0.717) is 39.8 Å². The summed E-state index contributed by atoms with van der Waals surface area (Å²) in [4.78, 5) is 35.6. The van der Waals surface area contributed by atoms with E-state index in [1.54, 1.807) is 30.5 Å². The van der Waals surface area contributed by atoms with Crippen molar-refractivity contribution < 1.29 is 28.5 Å². The summed E-state index contributed by atoms with van der Waals surface area (Å²) in [5.41, 5.74) is 1.30. The number of fused-ring (bicyclic) bond motifs is 2. The van der Waals surface area contributed by atoms with Gasteiger partial charge in [-0.1, -0.05) is 24.8 Å². The van der Waals surface area contributed by atoms with Crippen molar-refractivity contribution in [3.8, 4) is 0 Å². The van der Waals surface area contributed by atoms with E-state index in [1.807, 2.05) is 6.07 Å². The molecule has 198 valence electrons. The number of aromatic nitrogens is 4. The van der Waals surface area contributed by atoms with Crippen molar-refractivity contribution in [2.24, 2.45) is 11.8 Å². The third-order valence-corrected chi connectivity index (χ3v) is 7.37. The number of halogens is 1. The van der Waals surface area contributed by atoms with Crippen molar-refractivity contribution >= 4 is 40.4 Å². The standard InChI is InChI=1S/C26H26ClN5O6/c1-14-20(13-36-25(34)16-6-4-3-5-7-16)38-24(21(14)37-15(2)33)32-23-19(8-28-32)22(29-26(27)30-23)31-9-17-11-35-12-18(17)10-31/h3-8,17-18,20-21,24H,1,9-13H2,2H3/t17?,18?,20-,21-,24-/m1/s1. The molecular formula is C26H26ClN5O6. The Hall–Kier alpha value is -3.54. The van der Waals surface area contributed by atoms with Gasteiger partial charge in [-0.15, -0.1) is 0 Å². The Labute approximate surface area is 223 Å². The minimum Gasteiger partial charge on any atom is -0.459 e. The van der Waals surface area contributed by atoms with E-state index in [-0.39, 0.29) is 11.9 Å². The molecular weight excluding hydrogens is 514 g/mol. The van der Waals surface area contributed by atoms with Crippen LogP contribution in [-0.4, -0.2) is 76.8 Å². The highest BCUT2D eigenvalue weighted by Crippen LogP contribution is 2.39. The fourth-order valence-electron chi connectivity index (χ4n) is 5.32. The lowest BCUT2D eigenvalue weighted by Crippen LogP contribution is -2.27. The van der Waals surface area contributed by atoms with Crippen molar-refractivity contribution in [2.75, 3.05) is 37.8 Å². The second-order valence-corrected chi connectivity index (χ2v) is 10.0. The molecule has 2 unspecified atom stereocenters. The topological polar surface area (TPSA) is 118 Å². The molecule has 2 aromatic heterocycles. The lowest BCUT2D eigenvalue weighted by Gasteiger charge is -2.21. The van der Waals surface area contributed by atoms with Crippen LogP contribution in [0.1, 0.15) is 23.5 Å². The molecule has 3 fully saturated rings. The summed E-state index contributed by atoms with van der Waals surface area (Å²) in [5, 5.41) is 5.30. The Kier molecular flexibility index (Phi) is 6.50. The first-order valence-corrected chi connectivity index (χ1v) is 12.7. The second kappa shape index (κ2) is 9.97. The molecule has 12 heteroatoms. The maximum atomic E-state index is 12.5. The van der Waals surface area contributed by atoms with E-state index in [9.17, 15) is 9.59 Å². The van der Waals surface area contributed by atoms with Crippen molar-refractivity contribution in [2.45, 2.75) is 25.4 Å². The number of benzene rings is 1. The quantitative estimate of drug-likeness (QED) is 0.263. The number of anilines is 1. The average Bonchev–Trinajstić information content (AvgIpc) is 3.67. The molecule has 3 aliphatic rings. The predicted octanol–water partition coefficient (Wildman–Crippen LogP) is 2.80. The van der Waals surface area contributed by atoms with Crippen LogP contribution in [0.2, 0.25) is 5.28 Å². The van der Waals surface area contributed by atoms with Gasteiger partial charge in [-0.2, -0.15) is 15.1 Å². The maximum Gasteiger partial charge on any atom is 0.338 e. The Morgan fingerprint density at radius 1 is 1.16 bits per heavy atom. The highest BCUT2D eigenvalue weighted by Gasteiger charge is 2.45. The van der Waals surface area contributed by atoms with Crippen molar-refractivity contribution in [1.82, 2.24) is 19.7 Å². The smallest absolute Gasteiger partial charge is 0.338 e. The number of rotatable bonds is 6. The fourth-order valence-corrected chi connectivity index (χ4v) is 5.48. The van der Waals surface area contributed by atoms with Crippen LogP contribution in [0.3, 0.4) is 0 Å². The molecule has 3 saturated heterocycles. The van der Waals surface area contributed by atoms with Crippen molar-refractivity contribution in [3.63, 3.8) is 0 Å². The number of carbonyl (C=O) groups is 2. The van der Waals surface area contributed by atoms with E-state index < -0.39 is 30.4 Å². The first-order chi connectivity index (χ1) is 18.4. The van der Waals surface area contributed by atoms with Gasteiger partial charge in [0.15, 0.2) is 18.0 Å². The van der Waals surface area contributed by atoms with Gasteiger partial charge < -0.3 is 23.8 Å². The largest absolute Gasteiger partial charge is 0.459 e. The number of ether oxygens (including phenoxy) is 4. The molecule has 5 atom stereocenters. The summed E-state index contributed by atoms with van der Waals surface area (Å²) in [6, 6.07) is 8.64. The van der Waals surface area contributed by atoms with Gasteiger partial charge in [-0.25, -0.2) is 9.48 Å². The zero-order valence-corrected chi connectivity index (χ0v) is 21.4. The Bertz CT molecular complexity index is 1390. The lowest BCUT2D eigenvalue weighted by molar-refractivity contribution is -0.151. The predicted molar refractivity (Wildman–Crippen MR) is 136 cm³/mol. The van der Waals surface area contributed by atoms with Crippen molar-refractivity contribution in [3.05, 3.63) is 59.5 Å². The summed E-state index contributed by atoms with van der Waals surface area (Å²) in [6.07, 6.45) is -0.845. The molecule has 1 aromatic carbocycles. The fraction of sp³-hybridized carbons (Fsp3) is 0.423. The zero-order chi connectivity index (χ0) is 26.4. The molecule has 3 aliphatic heterocycles. The highest BCUT2D eigenvalue weighted by atomic mass is 35.5. The SMILES string of the molecule is C=C1[C@@H](OC(C)=O)[C@H](n2ncc3c(N4CC5COCC5C4)nc(Cl)nc32)O[C@@H]1COC(=O)c1ccccc1. The molecule has 0 N–H and O–H groups in total. The molecule has 0 saturated carbocycles. The summed E-state index contributed by atoms with van der Waals surface area (Å²) in [7, 11) is 0. The van der Waals surface area contributed by atoms with Gasteiger partial charge in [0.25, 0.3) is 0 Å². The number of nitrogens with zero attached hydrogens (tertiary/aromatic N) is 5. The van der Waals surface area contributed by atoms with Crippen LogP contribution in [-0.2, 0) is 23.7 Å². The minimum atomic E-state index is -0.894. The molecule has 6 rings (SSSR count).